The van der Waals surface area contributed by atoms with Crippen molar-refractivity contribution in [1.29, 1.82) is 0 Å². The topological polar surface area (TPSA) is 129 Å². The molecule has 0 aliphatic rings. The largest absolute Gasteiger partial charge is 0.496 e. The minimum absolute atomic E-state index is 0.0596. The van der Waals surface area contributed by atoms with Crippen LogP contribution in [0.1, 0.15) is 88.4 Å². The predicted molar refractivity (Wildman–Crippen MR) is 174 cm³/mol. The van der Waals surface area contributed by atoms with Crippen molar-refractivity contribution in [3.63, 3.8) is 0 Å². The molecule has 2 aromatic rings. The van der Waals surface area contributed by atoms with Crippen molar-refractivity contribution in [1.82, 2.24) is 0 Å². The Hall–Kier alpha value is -3.65. The van der Waals surface area contributed by atoms with Gasteiger partial charge in [0.1, 0.15) is 5.75 Å². The molecule has 8 heteroatoms. The van der Waals surface area contributed by atoms with E-state index in [0.717, 1.165) is 60.4 Å². The van der Waals surface area contributed by atoms with E-state index < -0.39 is 0 Å². The van der Waals surface area contributed by atoms with Crippen LogP contribution in [0.25, 0.3) is 0 Å². The van der Waals surface area contributed by atoms with Gasteiger partial charge >= 0.3 is 0 Å². The average Bonchev–Trinajstić information content (AvgIpc) is 2.97. The number of nitrogens with zero attached hydrogens (tertiary/aromatic N) is 1. The maximum absolute atomic E-state index is 10.8. The number of benzene rings is 2. The molecule has 2 aromatic carbocycles. The number of rotatable bonds is 11. The molecule has 0 aliphatic carbocycles. The molecule has 5 N–H and O–H groups in total. The van der Waals surface area contributed by atoms with E-state index in [9.17, 15) is 4.79 Å². The van der Waals surface area contributed by atoms with Gasteiger partial charge in [0, 0.05) is 31.5 Å². The molecule has 41 heavy (non-hydrogen) atoms. The number of carbonyl (C=O) groups is 2. The summed E-state index contributed by atoms with van der Waals surface area (Å²) in [6.45, 7) is 18.3. The number of hydrogen-bond donors (Lipinski definition) is 3. The molecule has 0 spiro atoms. The van der Waals surface area contributed by atoms with Crippen LogP contribution in [0, 0.1) is 12.8 Å². The lowest BCUT2D eigenvalue weighted by Gasteiger charge is -2.19. The number of ether oxygens (including phenoxy) is 2. The number of nitrogens with two attached hydrogens (primary N) is 2. The number of carbonyl (C=O) groups excluding carboxylic acids is 2. The average molecular weight is 571 g/mol. The third kappa shape index (κ3) is 16.3. The van der Waals surface area contributed by atoms with Crippen molar-refractivity contribution < 1.29 is 19.1 Å². The number of anilines is 1. The van der Waals surface area contributed by atoms with E-state index in [0.29, 0.717) is 17.2 Å². The first kappa shape index (κ1) is 39.5. The quantitative estimate of drug-likeness (QED) is 0.0913. The highest BCUT2D eigenvalue weighted by molar-refractivity contribution is 6.10. The Morgan fingerprint density at radius 1 is 1.12 bits per heavy atom. The summed E-state index contributed by atoms with van der Waals surface area (Å²) >= 11 is 0. The normalized spacial score (nSPS) is 11.5. The third-order valence-electron chi connectivity index (χ3n) is 5.94. The summed E-state index contributed by atoms with van der Waals surface area (Å²) < 4.78 is 10.5. The Kier molecular flexibility index (Phi) is 22.2. The van der Waals surface area contributed by atoms with Crippen molar-refractivity contribution >= 4 is 24.1 Å². The van der Waals surface area contributed by atoms with Crippen LogP contribution in [0.4, 0.5) is 5.69 Å². The van der Waals surface area contributed by atoms with Gasteiger partial charge in [-0.05, 0) is 79.5 Å². The van der Waals surface area contributed by atoms with Crippen molar-refractivity contribution in [2.45, 2.75) is 73.6 Å². The Balaban J connectivity index is 0. The van der Waals surface area contributed by atoms with Crippen LogP contribution < -0.4 is 21.6 Å². The van der Waals surface area contributed by atoms with Gasteiger partial charge in [-0.15, -0.1) is 0 Å². The highest BCUT2D eigenvalue weighted by Gasteiger charge is 2.15. The summed E-state index contributed by atoms with van der Waals surface area (Å²) in [5.41, 5.74) is 10.1. The fourth-order valence-corrected chi connectivity index (χ4v) is 3.51. The second-order valence-electron chi connectivity index (χ2n) is 9.98. The lowest BCUT2D eigenvalue weighted by atomic mass is 9.86. The Labute approximate surface area is 248 Å². The standard InChI is InChI=1S/C18H29N3O.C12H16O2.C2H6.CH3NO/c1-5-22-12-11-14(2)7-6-8-18(21-19)17-13-16(20-4)10-9-15(17)3;1-12(2,3)10-5-6-11(14-4)9(7-10)8-13;1-2;2-1-3/h6,8-10,13-14,20H,5,7,11-12,19H2,1-4H3;5-8H,1-4H3;1-2H3;1H,(H2,2,3)/b8-6+,21-18+;;;. The van der Waals surface area contributed by atoms with Crippen LogP contribution in [0.2, 0.25) is 0 Å². The van der Waals surface area contributed by atoms with Gasteiger partial charge in [-0.2, -0.15) is 5.10 Å². The summed E-state index contributed by atoms with van der Waals surface area (Å²) in [6, 6.07) is 11.9. The molecule has 0 heterocycles. The Morgan fingerprint density at radius 3 is 2.24 bits per heavy atom. The molecule has 1 amide bonds. The van der Waals surface area contributed by atoms with Gasteiger partial charge in [0.2, 0.25) is 6.41 Å². The van der Waals surface area contributed by atoms with E-state index in [4.69, 9.17) is 20.1 Å². The number of methoxy groups -OCH3 is 1. The molecule has 2 rings (SSSR count). The summed E-state index contributed by atoms with van der Waals surface area (Å²) in [7, 11) is 3.47. The monoisotopic (exact) mass is 570 g/mol. The van der Waals surface area contributed by atoms with Gasteiger partial charge in [0.05, 0.1) is 18.4 Å². The smallest absolute Gasteiger partial charge is 0.204 e. The fourth-order valence-electron chi connectivity index (χ4n) is 3.51. The van der Waals surface area contributed by atoms with E-state index >= 15 is 0 Å². The molecule has 0 radical (unpaired) electrons. The number of hydrogen-bond acceptors (Lipinski definition) is 7. The molecular weight excluding hydrogens is 516 g/mol. The lowest BCUT2D eigenvalue weighted by Crippen LogP contribution is -2.11. The van der Waals surface area contributed by atoms with Gasteiger partial charge < -0.3 is 26.4 Å². The van der Waals surface area contributed by atoms with Gasteiger partial charge in [-0.25, -0.2) is 0 Å². The van der Waals surface area contributed by atoms with Gasteiger partial charge in [-0.1, -0.05) is 59.8 Å². The lowest BCUT2D eigenvalue weighted by molar-refractivity contribution is -0.106. The Bertz CT molecular complexity index is 1060. The van der Waals surface area contributed by atoms with Crippen LogP contribution in [0.3, 0.4) is 0 Å². The van der Waals surface area contributed by atoms with Crippen molar-refractivity contribution in [3.8, 4) is 5.75 Å². The number of primary amides is 1. The molecule has 0 fully saturated rings. The second kappa shape index (κ2) is 23.1. The van der Waals surface area contributed by atoms with Crippen molar-refractivity contribution in [3.05, 3.63) is 70.8 Å². The predicted octanol–water partition coefficient (Wildman–Crippen LogP) is 6.64. The van der Waals surface area contributed by atoms with Crippen LogP contribution in [-0.2, 0) is 14.9 Å². The Morgan fingerprint density at radius 2 is 1.76 bits per heavy atom. The summed E-state index contributed by atoms with van der Waals surface area (Å²) in [4.78, 5) is 19.4. The van der Waals surface area contributed by atoms with E-state index in [-0.39, 0.29) is 11.8 Å². The molecule has 0 aromatic heterocycles. The molecule has 1 atom stereocenters. The minimum atomic E-state index is 0.0596. The number of hydrazone groups is 1. The third-order valence-corrected chi connectivity index (χ3v) is 5.94. The molecule has 1 unspecified atom stereocenters. The number of nitrogens with one attached hydrogen (secondary N) is 1. The van der Waals surface area contributed by atoms with Crippen molar-refractivity contribution in [2.24, 2.45) is 22.6 Å². The van der Waals surface area contributed by atoms with E-state index in [2.05, 4.69) is 69.0 Å². The fraction of sp³-hybridized carbons (Fsp3) is 0.485. The van der Waals surface area contributed by atoms with Crippen LogP contribution in [0.15, 0.2) is 53.7 Å². The summed E-state index contributed by atoms with van der Waals surface area (Å²) in [5.74, 6) is 6.80. The zero-order chi connectivity index (χ0) is 31.8. The number of aldehydes is 1. The van der Waals surface area contributed by atoms with Crippen LogP contribution in [0.5, 0.6) is 5.75 Å². The van der Waals surface area contributed by atoms with E-state index in [1.165, 1.54) is 0 Å². The van der Waals surface area contributed by atoms with Crippen molar-refractivity contribution in [2.75, 3.05) is 32.7 Å². The number of allylic oxidation sites excluding steroid dienone is 2. The zero-order valence-electron chi connectivity index (χ0n) is 26.9. The first-order valence-electron chi connectivity index (χ1n) is 14.1. The molecule has 0 bridgehead atoms. The van der Waals surface area contributed by atoms with Gasteiger partial charge in [-0.3, -0.25) is 9.59 Å². The maximum atomic E-state index is 10.8. The summed E-state index contributed by atoms with van der Waals surface area (Å²) in [6.07, 6.45) is 7.30. The molecule has 0 saturated carbocycles. The number of aryl methyl sites for hydroxylation is 1. The first-order chi connectivity index (χ1) is 19.5. The summed E-state index contributed by atoms with van der Waals surface area (Å²) in [5, 5.41) is 7.09. The van der Waals surface area contributed by atoms with Gasteiger partial charge in [0.25, 0.3) is 0 Å². The highest BCUT2D eigenvalue weighted by Crippen LogP contribution is 2.26. The van der Waals surface area contributed by atoms with E-state index in [1.54, 1.807) is 7.11 Å². The SMILES string of the molecule is CC.CCOCCC(C)C/C=C/C(=N\N)c1cc(NC)ccc1C.COc1ccc(C(C)(C)C)cc1C=O.NC=O. The minimum Gasteiger partial charge on any atom is -0.496 e. The molecule has 0 aliphatic heterocycles. The van der Waals surface area contributed by atoms with Gasteiger partial charge in [0.15, 0.2) is 6.29 Å². The van der Waals surface area contributed by atoms with E-state index in [1.807, 2.05) is 58.2 Å². The molecule has 8 nitrogen and oxygen atoms in total. The maximum Gasteiger partial charge on any atom is 0.204 e. The molecule has 230 valence electrons. The molecular formula is C33H54N4O4. The zero-order valence-corrected chi connectivity index (χ0v) is 26.9. The highest BCUT2D eigenvalue weighted by atomic mass is 16.5. The second-order valence-corrected chi connectivity index (χ2v) is 9.98. The first-order valence-corrected chi connectivity index (χ1v) is 14.1. The molecule has 0 saturated heterocycles. The van der Waals surface area contributed by atoms with Crippen LogP contribution >= 0.6 is 0 Å². The van der Waals surface area contributed by atoms with Crippen LogP contribution in [-0.4, -0.2) is 45.8 Å². The number of amides is 1.